The van der Waals surface area contributed by atoms with Gasteiger partial charge in [0.25, 0.3) is 0 Å². The Morgan fingerprint density at radius 1 is 1.44 bits per heavy atom. The van der Waals surface area contributed by atoms with Crippen LogP contribution in [0.2, 0.25) is 0 Å². The summed E-state index contributed by atoms with van der Waals surface area (Å²) < 4.78 is 0. The molecule has 3 rings (SSSR count). The monoisotopic (exact) mass is 264 g/mol. The van der Waals surface area contributed by atoms with E-state index in [1.165, 1.54) is 4.88 Å². The standard InChI is InChI=1S/C13H16N2O2S/c16-12-7-10(13(17)14-4-2-5-14)8-15(12)9-11-3-1-6-18-11/h1,3,6,10H,2,4-5,7-9H2. The highest BCUT2D eigenvalue weighted by molar-refractivity contribution is 7.09. The molecule has 1 aromatic heterocycles. The summed E-state index contributed by atoms with van der Waals surface area (Å²) in [4.78, 5) is 28.8. The molecule has 0 bridgehead atoms. The Kier molecular flexibility index (Phi) is 3.07. The first kappa shape index (κ1) is 11.7. The molecular weight excluding hydrogens is 248 g/mol. The highest BCUT2D eigenvalue weighted by Crippen LogP contribution is 2.24. The summed E-state index contributed by atoms with van der Waals surface area (Å²) in [6.07, 6.45) is 1.49. The van der Waals surface area contributed by atoms with Crippen molar-refractivity contribution in [3.8, 4) is 0 Å². The highest BCUT2D eigenvalue weighted by atomic mass is 32.1. The molecule has 1 atom stereocenters. The molecule has 18 heavy (non-hydrogen) atoms. The molecule has 1 aromatic rings. The van der Waals surface area contributed by atoms with Gasteiger partial charge in [-0.05, 0) is 17.9 Å². The first-order valence-corrected chi connectivity index (χ1v) is 7.21. The highest BCUT2D eigenvalue weighted by Gasteiger charge is 2.37. The fourth-order valence-electron chi connectivity index (χ4n) is 2.48. The van der Waals surface area contributed by atoms with E-state index in [2.05, 4.69) is 0 Å². The maximum absolute atomic E-state index is 12.1. The number of carbonyl (C=O) groups is 2. The van der Waals surface area contributed by atoms with Crippen LogP contribution in [0.5, 0.6) is 0 Å². The lowest BCUT2D eigenvalue weighted by Gasteiger charge is -2.32. The molecule has 0 aromatic carbocycles. The van der Waals surface area contributed by atoms with E-state index < -0.39 is 0 Å². The van der Waals surface area contributed by atoms with E-state index in [0.29, 0.717) is 19.5 Å². The van der Waals surface area contributed by atoms with Crippen molar-refractivity contribution in [1.29, 1.82) is 0 Å². The van der Waals surface area contributed by atoms with Gasteiger partial charge in [-0.25, -0.2) is 0 Å². The molecule has 0 saturated carbocycles. The minimum Gasteiger partial charge on any atom is -0.342 e. The van der Waals surface area contributed by atoms with E-state index in [1.807, 2.05) is 27.3 Å². The third-order valence-electron chi connectivity index (χ3n) is 3.66. The fraction of sp³-hybridized carbons (Fsp3) is 0.538. The summed E-state index contributed by atoms with van der Waals surface area (Å²) >= 11 is 1.65. The Morgan fingerprint density at radius 3 is 2.89 bits per heavy atom. The molecule has 4 nitrogen and oxygen atoms in total. The minimum atomic E-state index is -0.113. The van der Waals surface area contributed by atoms with Gasteiger partial charge in [-0.15, -0.1) is 11.3 Å². The number of amides is 2. The molecule has 5 heteroatoms. The molecule has 0 aliphatic carbocycles. The number of thiophene rings is 1. The molecule has 0 radical (unpaired) electrons. The van der Waals surface area contributed by atoms with Crippen molar-refractivity contribution in [1.82, 2.24) is 9.80 Å². The molecule has 2 fully saturated rings. The van der Waals surface area contributed by atoms with Crippen molar-refractivity contribution >= 4 is 23.2 Å². The third kappa shape index (κ3) is 2.14. The average molecular weight is 264 g/mol. The Labute approximate surface area is 110 Å². The van der Waals surface area contributed by atoms with Crippen LogP contribution in [0.25, 0.3) is 0 Å². The molecule has 2 aliphatic rings. The van der Waals surface area contributed by atoms with E-state index >= 15 is 0 Å². The fourth-order valence-corrected chi connectivity index (χ4v) is 3.20. The zero-order valence-corrected chi connectivity index (χ0v) is 11.0. The zero-order chi connectivity index (χ0) is 12.5. The van der Waals surface area contributed by atoms with Gasteiger partial charge in [-0.2, -0.15) is 0 Å². The van der Waals surface area contributed by atoms with Crippen LogP contribution in [0.4, 0.5) is 0 Å². The van der Waals surface area contributed by atoms with E-state index in [9.17, 15) is 9.59 Å². The van der Waals surface area contributed by atoms with Gasteiger partial charge >= 0.3 is 0 Å². The molecule has 0 N–H and O–H groups in total. The maximum atomic E-state index is 12.1. The molecular formula is C13H16N2O2S. The van der Waals surface area contributed by atoms with Crippen molar-refractivity contribution in [3.05, 3.63) is 22.4 Å². The van der Waals surface area contributed by atoms with Crippen LogP contribution >= 0.6 is 11.3 Å². The van der Waals surface area contributed by atoms with Crippen LogP contribution in [0.3, 0.4) is 0 Å². The molecule has 2 amide bonds. The zero-order valence-electron chi connectivity index (χ0n) is 10.2. The number of carbonyl (C=O) groups excluding carboxylic acids is 2. The molecule has 1 unspecified atom stereocenters. The summed E-state index contributed by atoms with van der Waals surface area (Å²) in [7, 11) is 0. The summed E-state index contributed by atoms with van der Waals surface area (Å²) in [6.45, 7) is 2.98. The van der Waals surface area contributed by atoms with Crippen molar-refractivity contribution in [2.75, 3.05) is 19.6 Å². The van der Waals surface area contributed by atoms with E-state index in [4.69, 9.17) is 0 Å². The van der Waals surface area contributed by atoms with Gasteiger partial charge in [0.05, 0.1) is 12.5 Å². The average Bonchev–Trinajstić information content (AvgIpc) is 2.87. The first-order chi connectivity index (χ1) is 8.74. The predicted octanol–water partition coefficient (Wildman–Crippen LogP) is 1.33. The van der Waals surface area contributed by atoms with Crippen molar-refractivity contribution in [3.63, 3.8) is 0 Å². The van der Waals surface area contributed by atoms with Crippen LogP contribution in [0.15, 0.2) is 17.5 Å². The lowest BCUT2D eigenvalue weighted by Crippen LogP contribution is -2.45. The van der Waals surface area contributed by atoms with Gasteiger partial charge in [0.15, 0.2) is 0 Å². The Morgan fingerprint density at radius 2 is 2.28 bits per heavy atom. The van der Waals surface area contributed by atoms with E-state index in [-0.39, 0.29) is 17.7 Å². The molecule has 2 aliphatic heterocycles. The predicted molar refractivity (Wildman–Crippen MR) is 69.0 cm³/mol. The van der Waals surface area contributed by atoms with Gasteiger partial charge in [0.1, 0.15) is 0 Å². The minimum absolute atomic E-state index is 0.113. The smallest absolute Gasteiger partial charge is 0.227 e. The first-order valence-electron chi connectivity index (χ1n) is 6.33. The number of hydrogen-bond acceptors (Lipinski definition) is 3. The maximum Gasteiger partial charge on any atom is 0.227 e. The van der Waals surface area contributed by atoms with Gasteiger partial charge in [-0.1, -0.05) is 6.07 Å². The molecule has 0 spiro atoms. The number of hydrogen-bond donors (Lipinski definition) is 0. The lowest BCUT2D eigenvalue weighted by atomic mass is 10.0. The Bertz CT molecular complexity index is 454. The van der Waals surface area contributed by atoms with E-state index in [1.54, 1.807) is 11.3 Å². The third-order valence-corrected chi connectivity index (χ3v) is 4.52. The normalized spacial score (nSPS) is 23.3. The topological polar surface area (TPSA) is 40.6 Å². The Hall–Kier alpha value is -1.36. The van der Waals surface area contributed by atoms with Crippen molar-refractivity contribution < 1.29 is 9.59 Å². The van der Waals surface area contributed by atoms with Gasteiger partial charge < -0.3 is 9.80 Å². The van der Waals surface area contributed by atoms with Gasteiger partial charge in [0, 0.05) is 30.9 Å². The van der Waals surface area contributed by atoms with Gasteiger partial charge in [-0.3, -0.25) is 9.59 Å². The van der Waals surface area contributed by atoms with Crippen LogP contribution < -0.4 is 0 Å². The van der Waals surface area contributed by atoms with Crippen LogP contribution in [-0.2, 0) is 16.1 Å². The summed E-state index contributed by atoms with van der Waals surface area (Å²) in [5, 5.41) is 2.01. The molecule has 2 saturated heterocycles. The van der Waals surface area contributed by atoms with Crippen molar-refractivity contribution in [2.24, 2.45) is 5.92 Å². The van der Waals surface area contributed by atoms with Crippen LogP contribution in [-0.4, -0.2) is 41.2 Å². The summed E-state index contributed by atoms with van der Waals surface area (Å²) in [6, 6.07) is 4.02. The van der Waals surface area contributed by atoms with Crippen LogP contribution in [0, 0.1) is 5.92 Å². The quantitative estimate of drug-likeness (QED) is 0.826. The molecule has 96 valence electrons. The molecule has 3 heterocycles. The number of likely N-dealkylation sites (tertiary alicyclic amines) is 2. The van der Waals surface area contributed by atoms with E-state index in [0.717, 1.165) is 19.5 Å². The second-order valence-electron chi connectivity index (χ2n) is 4.93. The second-order valence-corrected chi connectivity index (χ2v) is 5.97. The largest absolute Gasteiger partial charge is 0.342 e. The second kappa shape index (κ2) is 4.72. The lowest BCUT2D eigenvalue weighted by molar-refractivity contribution is -0.139. The Balaban J connectivity index is 1.61. The van der Waals surface area contributed by atoms with Gasteiger partial charge in [0.2, 0.25) is 11.8 Å². The number of nitrogens with zero attached hydrogens (tertiary/aromatic N) is 2. The number of rotatable bonds is 3. The SMILES string of the molecule is O=C1CC(C(=O)N2CCC2)CN1Cc1cccs1. The summed E-state index contributed by atoms with van der Waals surface area (Å²) in [5.74, 6) is 0.170. The van der Waals surface area contributed by atoms with Crippen molar-refractivity contribution in [2.45, 2.75) is 19.4 Å². The summed E-state index contributed by atoms with van der Waals surface area (Å²) in [5.41, 5.74) is 0. The van der Waals surface area contributed by atoms with Crippen LogP contribution in [0.1, 0.15) is 17.7 Å².